The molecule has 0 atom stereocenters. The molecule has 5 nitrogen and oxygen atoms in total. The van der Waals surface area contributed by atoms with Crippen molar-refractivity contribution >= 4 is 74.4 Å². The molecule has 0 saturated carbocycles. The summed E-state index contributed by atoms with van der Waals surface area (Å²) in [7, 11) is 1.50. The van der Waals surface area contributed by atoms with Crippen molar-refractivity contribution < 1.29 is 14.3 Å². The SMILES string of the molecule is CN1C(=O)/C(=C/c2cc(Br)ccc2OCc2ccc(Cl)cc2Cl)C(=O)NC1=S. The van der Waals surface area contributed by atoms with Crippen LogP contribution in [0.2, 0.25) is 10.0 Å². The van der Waals surface area contributed by atoms with Crippen LogP contribution in [-0.4, -0.2) is 28.9 Å². The number of hydrogen-bond donors (Lipinski definition) is 1. The third-order valence-corrected chi connectivity index (χ3v) is 5.43. The zero-order valence-corrected chi connectivity index (χ0v) is 18.4. The molecule has 0 aromatic heterocycles. The molecule has 3 rings (SSSR count). The van der Waals surface area contributed by atoms with Gasteiger partial charge in [0.05, 0.1) is 0 Å². The van der Waals surface area contributed by atoms with Crippen LogP contribution in [0.15, 0.2) is 46.4 Å². The maximum atomic E-state index is 12.4. The van der Waals surface area contributed by atoms with Gasteiger partial charge in [0.1, 0.15) is 17.9 Å². The van der Waals surface area contributed by atoms with Crippen LogP contribution in [0.3, 0.4) is 0 Å². The van der Waals surface area contributed by atoms with Crippen molar-refractivity contribution in [3.63, 3.8) is 0 Å². The Balaban J connectivity index is 1.91. The fraction of sp³-hybridized carbons (Fsp3) is 0.105. The Kier molecular flexibility index (Phi) is 6.40. The average molecular weight is 500 g/mol. The van der Waals surface area contributed by atoms with Gasteiger partial charge in [-0.2, -0.15) is 0 Å². The third-order valence-electron chi connectivity index (χ3n) is 3.97. The van der Waals surface area contributed by atoms with Crippen LogP contribution in [0.1, 0.15) is 11.1 Å². The fourth-order valence-electron chi connectivity index (χ4n) is 2.46. The Morgan fingerprint density at radius 2 is 1.96 bits per heavy atom. The highest BCUT2D eigenvalue weighted by molar-refractivity contribution is 9.10. The molecule has 1 aliphatic rings. The summed E-state index contributed by atoms with van der Waals surface area (Å²) in [5, 5.41) is 3.57. The van der Waals surface area contributed by atoms with Gasteiger partial charge in [0.25, 0.3) is 11.8 Å². The lowest BCUT2D eigenvalue weighted by molar-refractivity contribution is -0.128. The quantitative estimate of drug-likeness (QED) is 0.379. The highest BCUT2D eigenvalue weighted by atomic mass is 79.9. The van der Waals surface area contributed by atoms with Crippen LogP contribution in [0.4, 0.5) is 0 Å². The minimum atomic E-state index is -0.556. The van der Waals surface area contributed by atoms with E-state index < -0.39 is 11.8 Å². The van der Waals surface area contributed by atoms with E-state index in [-0.39, 0.29) is 17.3 Å². The molecule has 9 heteroatoms. The molecule has 1 fully saturated rings. The molecular formula is C19H13BrCl2N2O3S. The summed E-state index contributed by atoms with van der Waals surface area (Å²) in [6.07, 6.45) is 1.47. The van der Waals surface area contributed by atoms with Crippen LogP contribution in [0.5, 0.6) is 5.75 Å². The molecule has 2 aromatic carbocycles. The Morgan fingerprint density at radius 1 is 1.21 bits per heavy atom. The molecule has 1 saturated heterocycles. The number of thiocarbonyl (C=S) groups is 1. The Bertz CT molecular complexity index is 1030. The number of nitrogens with one attached hydrogen (secondary N) is 1. The summed E-state index contributed by atoms with van der Waals surface area (Å²) in [6.45, 7) is 0.192. The first-order valence-electron chi connectivity index (χ1n) is 7.97. The molecule has 1 aliphatic heterocycles. The Morgan fingerprint density at radius 3 is 2.68 bits per heavy atom. The summed E-state index contributed by atoms with van der Waals surface area (Å²) >= 11 is 20.4. The fourth-order valence-corrected chi connectivity index (χ4v) is 3.48. The second-order valence-corrected chi connectivity index (χ2v) is 8.03. The maximum absolute atomic E-state index is 12.4. The molecule has 0 aliphatic carbocycles. The highest BCUT2D eigenvalue weighted by Gasteiger charge is 2.31. The monoisotopic (exact) mass is 498 g/mol. The average Bonchev–Trinajstić information content (AvgIpc) is 2.64. The number of ether oxygens (including phenoxy) is 1. The van der Waals surface area contributed by atoms with Crippen LogP contribution >= 0.6 is 51.3 Å². The molecule has 2 amide bonds. The van der Waals surface area contributed by atoms with E-state index in [9.17, 15) is 9.59 Å². The van der Waals surface area contributed by atoms with E-state index in [1.807, 2.05) is 0 Å². The zero-order valence-electron chi connectivity index (χ0n) is 14.5. The second kappa shape index (κ2) is 8.61. The van der Waals surface area contributed by atoms with Crippen molar-refractivity contribution in [2.75, 3.05) is 7.05 Å². The standard InChI is InChI=1S/C19H13BrCl2N2O3S/c1-24-18(26)14(17(25)23-19(24)28)7-11-6-12(20)3-5-16(11)27-9-10-2-4-13(21)8-15(10)22/h2-8H,9H2,1H3,(H,23,25,28)/b14-7+. The number of nitrogens with zero attached hydrogens (tertiary/aromatic N) is 1. The van der Waals surface area contributed by atoms with E-state index >= 15 is 0 Å². The van der Waals surface area contributed by atoms with Crippen LogP contribution in [0.25, 0.3) is 6.08 Å². The lowest BCUT2D eigenvalue weighted by atomic mass is 10.1. The maximum Gasteiger partial charge on any atom is 0.265 e. The number of rotatable bonds is 4. The molecular weight excluding hydrogens is 487 g/mol. The molecule has 1 N–H and O–H groups in total. The first-order chi connectivity index (χ1) is 13.3. The number of carbonyl (C=O) groups is 2. The van der Waals surface area contributed by atoms with Crippen molar-refractivity contribution in [2.45, 2.75) is 6.61 Å². The highest BCUT2D eigenvalue weighted by Crippen LogP contribution is 2.29. The molecule has 144 valence electrons. The zero-order chi connectivity index (χ0) is 20.4. The number of carbonyl (C=O) groups excluding carboxylic acids is 2. The molecule has 0 unspecified atom stereocenters. The Hall–Kier alpha value is -1.93. The lowest BCUT2D eigenvalue weighted by Crippen LogP contribution is -2.52. The number of benzene rings is 2. The van der Waals surface area contributed by atoms with Gasteiger partial charge in [0, 0.05) is 32.7 Å². The van der Waals surface area contributed by atoms with Crippen molar-refractivity contribution in [1.82, 2.24) is 10.2 Å². The largest absolute Gasteiger partial charge is 0.488 e. The molecule has 28 heavy (non-hydrogen) atoms. The summed E-state index contributed by atoms with van der Waals surface area (Å²) in [4.78, 5) is 25.9. The van der Waals surface area contributed by atoms with Gasteiger partial charge in [-0.25, -0.2) is 0 Å². The van der Waals surface area contributed by atoms with Gasteiger partial charge in [-0.3, -0.25) is 19.8 Å². The van der Waals surface area contributed by atoms with E-state index in [0.29, 0.717) is 21.4 Å². The van der Waals surface area contributed by atoms with Gasteiger partial charge in [-0.15, -0.1) is 0 Å². The lowest BCUT2D eigenvalue weighted by Gasteiger charge is -2.25. The van der Waals surface area contributed by atoms with Crippen LogP contribution in [0, 0.1) is 0 Å². The van der Waals surface area contributed by atoms with E-state index in [2.05, 4.69) is 21.2 Å². The summed E-state index contributed by atoms with van der Waals surface area (Å²) < 4.78 is 6.65. The van der Waals surface area contributed by atoms with Crippen molar-refractivity contribution in [2.24, 2.45) is 0 Å². The van der Waals surface area contributed by atoms with Gasteiger partial charge in [0.15, 0.2) is 5.11 Å². The van der Waals surface area contributed by atoms with Crippen LogP contribution < -0.4 is 10.1 Å². The minimum Gasteiger partial charge on any atom is -0.488 e. The molecule has 0 spiro atoms. The predicted molar refractivity (Wildman–Crippen MR) is 116 cm³/mol. The van der Waals surface area contributed by atoms with E-state index in [1.165, 1.54) is 18.0 Å². The molecule has 0 bridgehead atoms. The summed E-state index contributed by atoms with van der Waals surface area (Å²) in [5.74, 6) is -0.557. The van der Waals surface area contributed by atoms with Crippen LogP contribution in [-0.2, 0) is 16.2 Å². The summed E-state index contributed by atoms with van der Waals surface area (Å²) in [6, 6.07) is 10.4. The minimum absolute atomic E-state index is 0.0384. The number of amides is 2. The van der Waals surface area contributed by atoms with E-state index in [1.54, 1.807) is 36.4 Å². The van der Waals surface area contributed by atoms with Gasteiger partial charge in [-0.05, 0) is 48.6 Å². The third kappa shape index (κ3) is 4.55. The number of likely N-dealkylation sites (N-methyl/N-ethyl adjacent to an activating group) is 1. The molecule has 1 heterocycles. The van der Waals surface area contributed by atoms with Crippen molar-refractivity contribution in [1.29, 1.82) is 0 Å². The van der Waals surface area contributed by atoms with Gasteiger partial charge in [-0.1, -0.05) is 45.2 Å². The van der Waals surface area contributed by atoms with Gasteiger partial charge >= 0.3 is 0 Å². The number of halogens is 3. The summed E-state index contributed by atoms with van der Waals surface area (Å²) in [5.41, 5.74) is 1.27. The van der Waals surface area contributed by atoms with Gasteiger partial charge < -0.3 is 4.74 Å². The topological polar surface area (TPSA) is 58.6 Å². The van der Waals surface area contributed by atoms with Crippen molar-refractivity contribution in [3.05, 3.63) is 67.6 Å². The smallest absolute Gasteiger partial charge is 0.265 e. The Labute approximate surface area is 185 Å². The van der Waals surface area contributed by atoms with Gasteiger partial charge in [0.2, 0.25) is 0 Å². The van der Waals surface area contributed by atoms with E-state index in [0.717, 1.165) is 10.0 Å². The first kappa shape index (κ1) is 20.8. The predicted octanol–water partition coefficient (Wildman–Crippen LogP) is 4.59. The normalized spacial score (nSPS) is 15.8. The second-order valence-electron chi connectivity index (χ2n) is 5.89. The first-order valence-corrected chi connectivity index (χ1v) is 9.93. The van der Waals surface area contributed by atoms with Crippen molar-refractivity contribution in [3.8, 4) is 5.75 Å². The molecule has 0 radical (unpaired) electrons. The number of hydrogen-bond acceptors (Lipinski definition) is 4. The van der Waals surface area contributed by atoms with E-state index in [4.69, 9.17) is 40.2 Å². The molecule has 2 aromatic rings.